The zero-order valence-corrected chi connectivity index (χ0v) is 15.9. The van der Waals surface area contributed by atoms with Crippen LogP contribution in [0, 0.1) is 0 Å². The molecule has 0 saturated heterocycles. The van der Waals surface area contributed by atoms with Crippen molar-refractivity contribution in [1.29, 1.82) is 0 Å². The lowest BCUT2D eigenvalue weighted by Crippen LogP contribution is -2.16. The number of carbonyl (C=O) groups excluding carboxylic acids is 2. The second-order valence-electron chi connectivity index (χ2n) is 5.48. The number of nitrogens with one attached hydrogen (secondary N) is 1. The number of nitrogens with zero attached hydrogens (tertiary/aromatic N) is 1. The first-order valence-electron chi connectivity index (χ1n) is 7.63. The summed E-state index contributed by atoms with van der Waals surface area (Å²) in [4.78, 5) is 28.4. The number of aromatic nitrogens is 1. The fraction of sp³-hybridized carbons (Fsp3) is 0.105. The zero-order valence-electron chi connectivity index (χ0n) is 13.5. The molecule has 0 saturated carbocycles. The van der Waals surface area contributed by atoms with Crippen molar-refractivity contribution in [3.8, 4) is 10.6 Å². The largest absolute Gasteiger partial charge is 0.325 e. The standard InChI is InChI=1S/C19H15BrN2O2S/c1-12(23)16-7-2-3-8-17(16)22-18(24)10-15-11-25-19(21-15)13-5-4-6-14(20)9-13/h2-9,11H,10H2,1H3,(H,22,24). The summed E-state index contributed by atoms with van der Waals surface area (Å²) in [5.74, 6) is -0.277. The molecule has 0 spiro atoms. The molecule has 0 unspecified atom stereocenters. The second kappa shape index (κ2) is 7.72. The van der Waals surface area contributed by atoms with Crippen molar-refractivity contribution >= 4 is 44.6 Å². The molecule has 6 heteroatoms. The van der Waals surface area contributed by atoms with Crippen molar-refractivity contribution in [1.82, 2.24) is 4.98 Å². The number of para-hydroxylation sites is 1. The molecule has 0 atom stereocenters. The first kappa shape index (κ1) is 17.5. The smallest absolute Gasteiger partial charge is 0.230 e. The topological polar surface area (TPSA) is 59.1 Å². The Hall–Kier alpha value is -2.31. The highest BCUT2D eigenvalue weighted by molar-refractivity contribution is 9.10. The van der Waals surface area contributed by atoms with Gasteiger partial charge in [-0.1, -0.05) is 40.2 Å². The van der Waals surface area contributed by atoms with Crippen LogP contribution in [0.5, 0.6) is 0 Å². The summed E-state index contributed by atoms with van der Waals surface area (Å²) in [6.07, 6.45) is 0.163. The normalized spacial score (nSPS) is 10.5. The van der Waals surface area contributed by atoms with Crippen LogP contribution in [0.1, 0.15) is 23.0 Å². The van der Waals surface area contributed by atoms with E-state index in [0.717, 1.165) is 15.0 Å². The number of halogens is 1. The molecule has 1 amide bonds. The van der Waals surface area contributed by atoms with Gasteiger partial charge in [0.25, 0.3) is 0 Å². The summed E-state index contributed by atoms with van der Waals surface area (Å²) in [6, 6.07) is 14.9. The number of rotatable bonds is 5. The Bertz CT molecular complexity index is 936. The van der Waals surface area contributed by atoms with Crippen LogP contribution >= 0.6 is 27.3 Å². The van der Waals surface area contributed by atoms with E-state index in [2.05, 4.69) is 26.2 Å². The van der Waals surface area contributed by atoms with E-state index in [0.29, 0.717) is 16.9 Å². The van der Waals surface area contributed by atoms with Gasteiger partial charge in [0.05, 0.1) is 17.8 Å². The number of anilines is 1. The molecule has 1 N–H and O–H groups in total. The molecule has 3 aromatic rings. The van der Waals surface area contributed by atoms with Crippen molar-refractivity contribution in [2.24, 2.45) is 0 Å². The van der Waals surface area contributed by atoms with Gasteiger partial charge in [0.15, 0.2) is 5.78 Å². The van der Waals surface area contributed by atoms with Gasteiger partial charge in [-0.3, -0.25) is 9.59 Å². The lowest BCUT2D eigenvalue weighted by molar-refractivity contribution is -0.115. The van der Waals surface area contributed by atoms with Gasteiger partial charge in [0.2, 0.25) is 5.91 Å². The molecular weight excluding hydrogens is 400 g/mol. The number of thiazole rings is 1. The molecule has 25 heavy (non-hydrogen) atoms. The van der Waals surface area contributed by atoms with E-state index in [1.807, 2.05) is 29.6 Å². The maximum absolute atomic E-state index is 12.3. The molecule has 1 aromatic heterocycles. The molecular formula is C19H15BrN2O2S. The van der Waals surface area contributed by atoms with Crippen molar-refractivity contribution in [2.45, 2.75) is 13.3 Å². The molecule has 0 aliphatic carbocycles. The van der Waals surface area contributed by atoms with E-state index in [-0.39, 0.29) is 18.1 Å². The van der Waals surface area contributed by atoms with Crippen LogP contribution in [0.3, 0.4) is 0 Å². The fourth-order valence-corrected chi connectivity index (χ4v) is 3.62. The Balaban J connectivity index is 1.71. The number of hydrogen-bond acceptors (Lipinski definition) is 4. The average molecular weight is 415 g/mol. The van der Waals surface area contributed by atoms with E-state index in [1.54, 1.807) is 24.3 Å². The van der Waals surface area contributed by atoms with Gasteiger partial charge in [-0.05, 0) is 31.2 Å². The molecule has 126 valence electrons. The van der Waals surface area contributed by atoms with Crippen molar-refractivity contribution < 1.29 is 9.59 Å². The number of amides is 1. The number of benzene rings is 2. The van der Waals surface area contributed by atoms with Crippen LogP contribution in [0.4, 0.5) is 5.69 Å². The van der Waals surface area contributed by atoms with Crippen LogP contribution < -0.4 is 5.32 Å². The lowest BCUT2D eigenvalue weighted by Gasteiger charge is -2.08. The molecule has 0 fully saturated rings. The summed E-state index contributed by atoms with van der Waals surface area (Å²) in [7, 11) is 0. The Morgan fingerprint density at radius 1 is 1.16 bits per heavy atom. The fourth-order valence-electron chi connectivity index (χ4n) is 2.40. The van der Waals surface area contributed by atoms with Gasteiger partial charge in [0.1, 0.15) is 5.01 Å². The van der Waals surface area contributed by atoms with Gasteiger partial charge >= 0.3 is 0 Å². The predicted molar refractivity (Wildman–Crippen MR) is 104 cm³/mol. The Morgan fingerprint density at radius 2 is 1.96 bits per heavy atom. The Morgan fingerprint density at radius 3 is 2.72 bits per heavy atom. The average Bonchev–Trinajstić information content (AvgIpc) is 3.03. The van der Waals surface area contributed by atoms with Gasteiger partial charge in [-0.15, -0.1) is 11.3 Å². The van der Waals surface area contributed by atoms with Crippen LogP contribution in [0.2, 0.25) is 0 Å². The minimum absolute atomic E-state index is 0.0819. The minimum atomic E-state index is -0.195. The summed E-state index contributed by atoms with van der Waals surface area (Å²) >= 11 is 4.95. The van der Waals surface area contributed by atoms with Crippen molar-refractivity contribution in [2.75, 3.05) is 5.32 Å². The molecule has 2 aromatic carbocycles. The summed E-state index contributed by atoms with van der Waals surface area (Å²) in [5, 5.41) is 5.55. The summed E-state index contributed by atoms with van der Waals surface area (Å²) in [6.45, 7) is 1.48. The van der Waals surface area contributed by atoms with Crippen LogP contribution in [0.15, 0.2) is 58.4 Å². The molecule has 4 nitrogen and oxygen atoms in total. The third kappa shape index (κ3) is 4.41. The minimum Gasteiger partial charge on any atom is -0.325 e. The molecule has 0 radical (unpaired) electrons. The van der Waals surface area contributed by atoms with Gasteiger partial charge in [-0.25, -0.2) is 4.98 Å². The maximum Gasteiger partial charge on any atom is 0.230 e. The number of Topliss-reactive ketones (excluding diaryl/α,β-unsaturated/α-hetero) is 1. The first-order chi connectivity index (χ1) is 12.0. The molecule has 0 aliphatic heterocycles. The predicted octanol–water partition coefficient (Wildman–Crippen LogP) is 4.96. The Labute approximate surface area is 158 Å². The van der Waals surface area contributed by atoms with Crippen molar-refractivity contribution in [3.63, 3.8) is 0 Å². The van der Waals surface area contributed by atoms with Gasteiger partial charge < -0.3 is 5.32 Å². The Kier molecular flexibility index (Phi) is 5.40. The zero-order chi connectivity index (χ0) is 17.8. The lowest BCUT2D eigenvalue weighted by atomic mass is 10.1. The monoisotopic (exact) mass is 414 g/mol. The SMILES string of the molecule is CC(=O)c1ccccc1NC(=O)Cc1csc(-c2cccc(Br)c2)n1. The number of carbonyl (C=O) groups is 2. The van der Waals surface area contributed by atoms with E-state index in [9.17, 15) is 9.59 Å². The number of hydrogen-bond donors (Lipinski definition) is 1. The summed E-state index contributed by atoms with van der Waals surface area (Å²) < 4.78 is 0.986. The highest BCUT2D eigenvalue weighted by Gasteiger charge is 2.12. The van der Waals surface area contributed by atoms with E-state index >= 15 is 0 Å². The molecule has 0 bridgehead atoms. The molecule has 3 rings (SSSR count). The van der Waals surface area contributed by atoms with Crippen molar-refractivity contribution in [3.05, 3.63) is 69.6 Å². The van der Waals surface area contributed by atoms with E-state index in [1.165, 1.54) is 18.3 Å². The van der Waals surface area contributed by atoms with E-state index < -0.39 is 0 Å². The highest BCUT2D eigenvalue weighted by Crippen LogP contribution is 2.26. The van der Waals surface area contributed by atoms with Gasteiger partial charge in [0, 0.05) is 21.0 Å². The third-order valence-corrected chi connectivity index (χ3v) is 4.98. The maximum atomic E-state index is 12.3. The van der Waals surface area contributed by atoms with Crippen LogP contribution in [0.25, 0.3) is 10.6 Å². The van der Waals surface area contributed by atoms with Gasteiger partial charge in [-0.2, -0.15) is 0 Å². The molecule has 1 heterocycles. The summed E-state index contributed by atoms with van der Waals surface area (Å²) in [5.41, 5.74) is 2.75. The third-order valence-electron chi connectivity index (χ3n) is 3.55. The van der Waals surface area contributed by atoms with Crippen LogP contribution in [-0.4, -0.2) is 16.7 Å². The molecule has 0 aliphatic rings. The quantitative estimate of drug-likeness (QED) is 0.600. The van der Waals surface area contributed by atoms with Crippen LogP contribution in [-0.2, 0) is 11.2 Å². The first-order valence-corrected chi connectivity index (χ1v) is 9.30. The highest BCUT2D eigenvalue weighted by atomic mass is 79.9. The van der Waals surface area contributed by atoms with E-state index in [4.69, 9.17) is 0 Å². The number of ketones is 1. The second-order valence-corrected chi connectivity index (χ2v) is 7.25.